The van der Waals surface area contributed by atoms with E-state index < -0.39 is 0 Å². The van der Waals surface area contributed by atoms with Crippen LogP contribution in [0.2, 0.25) is 0 Å². The third-order valence-electron chi connectivity index (χ3n) is 3.19. The summed E-state index contributed by atoms with van der Waals surface area (Å²) in [6.45, 7) is 5.21. The van der Waals surface area contributed by atoms with E-state index in [1.165, 1.54) is 0 Å². The van der Waals surface area contributed by atoms with E-state index in [0.717, 1.165) is 25.3 Å². The molecule has 0 aliphatic carbocycles. The van der Waals surface area contributed by atoms with Crippen molar-refractivity contribution in [3.63, 3.8) is 0 Å². The minimum absolute atomic E-state index is 0.0893. The van der Waals surface area contributed by atoms with Crippen molar-refractivity contribution in [3.05, 3.63) is 11.9 Å². The van der Waals surface area contributed by atoms with E-state index in [0.29, 0.717) is 25.0 Å². The van der Waals surface area contributed by atoms with Crippen LogP contribution in [0, 0.1) is 5.92 Å². The van der Waals surface area contributed by atoms with Crippen LogP contribution in [0.5, 0.6) is 0 Å². The van der Waals surface area contributed by atoms with Gasteiger partial charge in [0.15, 0.2) is 0 Å². The second-order valence-corrected chi connectivity index (χ2v) is 4.49. The first-order valence-corrected chi connectivity index (χ1v) is 6.10. The van der Waals surface area contributed by atoms with Crippen LogP contribution >= 0.6 is 0 Å². The molecule has 96 valence electrons. The van der Waals surface area contributed by atoms with E-state index in [4.69, 9.17) is 9.84 Å². The summed E-state index contributed by atoms with van der Waals surface area (Å²) in [5.41, 5.74) is 0.907. The molecule has 0 radical (unpaired) electrons. The normalized spacial score (nSPS) is 21.9. The molecule has 2 heterocycles. The average molecular weight is 240 g/mol. The van der Waals surface area contributed by atoms with Crippen molar-refractivity contribution in [2.45, 2.75) is 32.5 Å². The number of nitrogens with zero attached hydrogens (tertiary/aromatic N) is 3. The van der Waals surface area contributed by atoms with E-state index in [9.17, 15) is 0 Å². The molecule has 0 bridgehead atoms. The molecule has 1 aromatic rings. The standard InChI is InChI=1S/C11H20N4O2/c1-9(10-2-5-17-8-10)12-6-11-7-15(3-4-16)14-13-11/h7,9-10,12,16H,2-6,8H2,1H3. The summed E-state index contributed by atoms with van der Waals surface area (Å²) in [7, 11) is 0. The van der Waals surface area contributed by atoms with Gasteiger partial charge in [-0.05, 0) is 19.3 Å². The van der Waals surface area contributed by atoms with Gasteiger partial charge in [0.1, 0.15) is 0 Å². The van der Waals surface area contributed by atoms with Gasteiger partial charge in [-0.15, -0.1) is 5.10 Å². The van der Waals surface area contributed by atoms with Crippen molar-refractivity contribution >= 4 is 0 Å². The molecule has 6 nitrogen and oxygen atoms in total. The highest BCUT2D eigenvalue weighted by molar-refractivity contribution is 4.92. The van der Waals surface area contributed by atoms with E-state index in [-0.39, 0.29) is 6.61 Å². The Hall–Kier alpha value is -0.980. The molecule has 1 aromatic heterocycles. The van der Waals surface area contributed by atoms with Gasteiger partial charge < -0.3 is 15.2 Å². The van der Waals surface area contributed by atoms with E-state index in [1.807, 2.05) is 6.20 Å². The number of hydrogen-bond acceptors (Lipinski definition) is 5. The summed E-state index contributed by atoms with van der Waals surface area (Å²) in [6.07, 6.45) is 2.99. The fourth-order valence-electron chi connectivity index (χ4n) is 2.01. The highest BCUT2D eigenvalue weighted by Gasteiger charge is 2.21. The maximum Gasteiger partial charge on any atom is 0.0964 e. The number of aromatic nitrogens is 3. The lowest BCUT2D eigenvalue weighted by Gasteiger charge is -2.18. The maximum absolute atomic E-state index is 8.77. The zero-order valence-corrected chi connectivity index (χ0v) is 10.2. The lowest BCUT2D eigenvalue weighted by atomic mass is 10.0. The average Bonchev–Trinajstić information content (AvgIpc) is 2.97. The number of ether oxygens (including phenoxy) is 1. The number of aliphatic hydroxyl groups excluding tert-OH is 1. The quantitative estimate of drug-likeness (QED) is 0.719. The molecule has 1 aliphatic heterocycles. The SMILES string of the molecule is CC(NCc1cn(CCO)nn1)C1CCOC1. The Kier molecular flexibility index (Phi) is 4.47. The Morgan fingerprint density at radius 1 is 1.71 bits per heavy atom. The van der Waals surface area contributed by atoms with Gasteiger partial charge in [0.05, 0.1) is 25.5 Å². The number of nitrogens with one attached hydrogen (secondary N) is 1. The third-order valence-corrected chi connectivity index (χ3v) is 3.19. The molecule has 17 heavy (non-hydrogen) atoms. The highest BCUT2D eigenvalue weighted by Crippen LogP contribution is 2.16. The maximum atomic E-state index is 8.77. The van der Waals surface area contributed by atoms with Gasteiger partial charge in [-0.3, -0.25) is 0 Å². The summed E-state index contributed by atoms with van der Waals surface area (Å²) in [6, 6.07) is 0.431. The summed E-state index contributed by atoms with van der Waals surface area (Å²) in [4.78, 5) is 0. The zero-order chi connectivity index (χ0) is 12.1. The molecule has 1 aliphatic rings. The molecule has 6 heteroatoms. The van der Waals surface area contributed by atoms with Gasteiger partial charge in [0.25, 0.3) is 0 Å². The second kappa shape index (κ2) is 6.09. The zero-order valence-electron chi connectivity index (χ0n) is 10.2. The second-order valence-electron chi connectivity index (χ2n) is 4.49. The Bertz CT molecular complexity index is 336. The van der Waals surface area contributed by atoms with E-state index in [2.05, 4.69) is 22.6 Å². The fraction of sp³-hybridized carbons (Fsp3) is 0.818. The number of hydrogen-bond donors (Lipinski definition) is 2. The van der Waals surface area contributed by atoms with Gasteiger partial charge in [-0.25, -0.2) is 4.68 Å². The smallest absolute Gasteiger partial charge is 0.0964 e. The van der Waals surface area contributed by atoms with Gasteiger partial charge in [-0.1, -0.05) is 5.21 Å². The summed E-state index contributed by atoms with van der Waals surface area (Å²) in [5, 5.41) is 20.2. The predicted molar refractivity (Wildman–Crippen MR) is 62.3 cm³/mol. The van der Waals surface area contributed by atoms with Gasteiger partial charge >= 0.3 is 0 Å². The molecular weight excluding hydrogens is 220 g/mol. The van der Waals surface area contributed by atoms with Crippen LogP contribution in [0.3, 0.4) is 0 Å². The van der Waals surface area contributed by atoms with Crippen molar-refractivity contribution < 1.29 is 9.84 Å². The first-order valence-electron chi connectivity index (χ1n) is 6.10. The topological polar surface area (TPSA) is 72.2 Å². The molecule has 2 atom stereocenters. The predicted octanol–water partition coefficient (Wildman–Crippen LogP) is -0.215. The Morgan fingerprint density at radius 2 is 2.59 bits per heavy atom. The molecule has 2 rings (SSSR count). The Labute approximate surface area is 101 Å². The van der Waals surface area contributed by atoms with Crippen molar-refractivity contribution in [3.8, 4) is 0 Å². The van der Waals surface area contributed by atoms with Crippen LogP contribution in [0.1, 0.15) is 19.0 Å². The molecular formula is C11H20N4O2. The van der Waals surface area contributed by atoms with Crippen LogP contribution in [0.25, 0.3) is 0 Å². The van der Waals surface area contributed by atoms with Crippen molar-refractivity contribution in [1.82, 2.24) is 20.3 Å². The minimum Gasteiger partial charge on any atom is -0.394 e. The van der Waals surface area contributed by atoms with Crippen LogP contribution in [0.15, 0.2) is 6.20 Å². The molecule has 0 spiro atoms. The number of aliphatic hydroxyl groups is 1. The molecule has 1 fully saturated rings. The molecule has 2 N–H and O–H groups in total. The lowest BCUT2D eigenvalue weighted by Crippen LogP contribution is -2.33. The van der Waals surface area contributed by atoms with Gasteiger partial charge in [0.2, 0.25) is 0 Å². The van der Waals surface area contributed by atoms with E-state index >= 15 is 0 Å². The Balaban J connectivity index is 1.76. The van der Waals surface area contributed by atoms with Crippen molar-refractivity contribution in [1.29, 1.82) is 0 Å². The van der Waals surface area contributed by atoms with Crippen molar-refractivity contribution in [2.75, 3.05) is 19.8 Å². The fourth-order valence-corrected chi connectivity index (χ4v) is 2.01. The first-order chi connectivity index (χ1) is 8.29. The van der Waals surface area contributed by atoms with Crippen LogP contribution in [-0.4, -0.2) is 46.0 Å². The molecule has 0 aromatic carbocycles. The first kappa shape index (κ1) is 12.5. The Morgan fingerprint density at radius 3 is 3.29 bits per heavy atom. The monoisotopic (exact) mass is 240 g/mol. The number of rotatable bonds is 6. The van der Waals surface area contributed by atoms with Gasteiger partial charge in [-0.2, -0.15) is 0 Å². The summed E-state index contributed by atoms with van der Waals surface area (Å²) < 4.78 is 7.02. The molecule has 0 saturated carbocycles. The molecule has 1 saturated heterocycles. The van der Waals surface area contributed by atoms with Crippen molar-refractivity contribution in [2.24, 2.45) is 5.92 Å². The minimum atomic E-state index is 0.0893. The largest absolute Gasteiger partial charge is 0.394 e. The van der Waals surface area contributed by atoms with Crippen LogP contribution in [-0.2, 0) is 17.8 Å². The summed E-state index contributed by atoms with van der Waals surface area (Å²) in [5.74, 6) is 0.600. The third kappa shape index (κ3) is 3.49. The van der Waals surface area contributed by atoms with Gasteiger partial charge in [0, 0.05) is 25.4 Å². The molecule has 0 amide bonds. The van der Waals surface area contributed by atoms with E-state index in [1.54, 1.807) is 4.68 Å². The van der Waals surface area contributed by atoms with Crippen LogP contribution in [0.4, 0.5) is 0 Å². The highest BCUT2D eigenvalue weighted by atomic mass is 16.5. The summed E-state index contributed by atoms with van der Waals surface area (Å²) >= 11 is 0. The van der Waals surface area contributed by atoms with Crippen LogP contribution < -0.4 is 5.32 Å². The lowest BCUT2D eigenvalue weighted by molar-refractivity contribution is 0.178. The molecule has 2 unspecified atom stereocenters.